The van der Waals surface area contributed by atoms with E-state index < -0.39 is 23.9 Å². The minimum atomic E-state index is -5.77. The first kappa shape index (κ1) is 37.1. The van der Waals surface area contributed by atoms with Crippen molar-refractivity contribution in [1.82, 2.24) is 24.8 Å². The van der Waals surface area contributed by atoms with Crippen molar-refractivity contribution >= 4 is 75.1 Å². The molecule has 2 aliphatic heterocycles. The third kappa shape index (κ3) is 9.75. The summed E-state index contributed by atoms with van der Waals surface area (Å²) in [5, 5.41) is 12.2. The molecule has 51 heavy (non-hydrogen) atoms. The van der Waals surface area contributed by atoms with Crippen LogP contribution in [0.4, 0.5) is 55.2 Å². The van der Waals surface area contributed by atoms with Crippen molar-refractivity contribution < 1.29 is 45.5 Å². The van der Waals surface area contributed by atoms with E-state index in [-0.39, 0.29) is 17.7 Å². The van der Waals surface area contributed by atoms with Crippen LogP contribution in [0.25, 0.3) is 0 Å². The smallest absolute Gasteiger partial charge is 0.339 e. The Morgan fingerprint density at radius 1 is 0.941 bits per heavy atom. The molecule has 0 unspecified atom stereocenters. The molecule has 6 bridgehead atoms. The van der Waals surface area contributed by atoms with E-state index in [1.807, 2.05) is 30.5 Å². The van der Waals surface area contributed by atoms with Gasteiger partial charge in [-0.25, -0.2) is 9.97 Å². The van der Waals surface area contributed by atoms with Crippen molar-refractivity contribution in [3.63, 3.8) is 0 Å². The molecule has 0 aliphatic carbocycles. The average Bonchev–Trinajstić information content (AvgIpc) is 3.78. The number of alkyl halides is 6. The first-order valence-corrected chi connectivity index (χ1v) is 16.2. The number of likely N-dealkylation sites (tertiary alicyclic amines) is 1. The van der Waals surface area contributed by atoms with E-state index >= 15 is 0 Å². The number of halogens is 7. The van der Waals surface area contributed by atoms with Crippen molar-refractivity contribution in [2.75, 3.05) is 29.0 Å². The molecule has 1 aromatic carbocycles. The van der Waals surface area contributed by atoms with Gasteiger partial charge in [0.15, 0.2) is 10.8 Å². The van der Waals surface area contributed by atoms with E-state index in [1.54, 1.807) is 28.9 Å². The molecule has 0 spiro atoms. The van der Waals surface area contributed by atoms with Crippen LogP contribution in [0.1, 0.15) is 33.8 Å². The number of aromatic nitrogens is 4. The van der Waals surface area contributed by atoms with Gasteiger partial charge in [0, 0.05) is 48.7 Å². The van der Waals surface area contributed by atoms with Crippen LogP contribution in [0.3, 0.4) is 0 Å². The second-order valence-electron chi connectivity index (χ2n) is 11.2. The summed E-state index contributed by atoms with van der Waals surface area (Å²) in [7, 11) is 0. The highest BCUT2D eigenvalue weighted by molar-refractivity contribution is 7.11. The summed E-state index contributed by atoms with van der Waals surface area (Å²) in [6.45, 7) is 1.19. The van der Waals surface area contributed by atoms with Crippen molar-refractivity contribution in [2.45, 2.75) is 38.0 Å². The van der Waals surface area contributed by atoms with Gasteiger partial charge in [0.2, 0.25) is 11.9 Å². The van der Waals surface area contributed by atoms with Crippen LogP contribution in [0, 0.1) is 5.92 Å². The minimum Gasteiger partial charge on any atom is -0.339 e. The zero-order valence-electron chi connectivity index (χ0n) is 25.9. The number of amides is 2. The van der Waals surface area contributed by atoms with Crippen LogP contribution < -0.4 is 16.0 Å². The number of aryl methyl sites for hydroxylation is 2. The lowest BCUT2D eigenvalue weighted by Gasteiger charge is -2.17. The first-order chi connectivity index (χ1) is 24.1. The van der Waals surface area contributed by atoms with E-state index in [4.69, 9.17) is 11.6 Å². The average molecular weight is 755 g/mol. The van der Waals surface area contributed by atoms with Gasteiger partial charge in [-0.1, -0.05) is 11.6 Å². The Morgan fingerprint density at radius 3 is 2.37 bits per heavy atom. The van der Waals surface area contributed by atoms with Crippen LogP contribution in [-0.2, 0) is 27.2 Å². The molecule has 1 atom stereocenters. The van der Waals surface area contributed by atoms with E-state index in [9.17, 15) is 45.5 Å². The Bertz CT molecular complexity index is 1920. The molecular formula is C31H25ClF6N8O4S. The number of carbonyl (C=O) groups excluding carboxylic acids is 4. The third-order valence-electron chi connectivity index (χ3n) is 7.50. The molecule has 20 heteroatoms. The maximum atomic E-state index is 13.1. The van der Waals surface area contributed by atoms with Gasteiger partial charge in [0.1, 0.15) is 5.02 Å². The lowest BCUT2D eigenvalue weighted by molar-refractivity contribution is -0.193. The molecule has 3 N–H and O–H groups in total. The molecule has 2 aliphatic rings. The summed E-state index contributed by atoms with van der Waals surface area (Å²) in [6.07, 6.45) is -2.27. The normalized spacial score (nSPS) is 15.4. The predicted molar refractivity (Wildman–Crippen MR) is 173 cm³/mol. The molecule has 1 fully saturated rings. The summed E-state index contributed by atoms with van der Waals surface area (Å²) < 4.78 is 67.0. The Labute approximate surface area is 293 Å². The number of hydrogen-bond donors (Lipinski definition) is 3. The highest BCUT2D eigenvalue weighted by Crippen LogP contribution is 2.30. The highest BCUT2D eigenvalue weighted by Gasteiger charge is 2.54. The van der Waals surface area contributed by atoms with E-state index in [2.05, 4.69) is 35.9 Å². The Kier molecular flexibility index (Phi) is 11.2. The second kappa shape index (κ2) is 15.4. The van der Waals surface area contributed by atoms with E-state index in [0.29, 0.717) is 47.7 Å². The van der Waals surface area contributed by atoms with Crippen molar-refractivity contribution in [2.24, 2.45) is 5.92 Å². The van der Waals surface area contributed by atoms with Gasteiger partial charge in [0.05, 0.1) is 18.1 Å². The molecule has 3 aromatic heterocycles. The second-order valence-corrected chi connectivity index (χ2v) is 12.5. The number of nitrogens with zero attached hydrogens (tertiary/aromatic N) is 5. The zero-order chi connectivity index (χ0) is 36.9. The van der Waals surface area contributed by atoms with E-state index in [1.165, 1.54) is 11.3 Å². The Hall–Kier alpha value is -5.17. The number of carbonyl (C=O) groups is 4. The summed E-state index contributed by atoms with van der Waals surface area (Å²) >= 11 is 7.70. The van der Waals surface area contributed by atoms with Gasteiger partial charge in [-0.15, -0.1) is 11.3 Å². The number of fused-ring (bicyclic) bond motifs is 6. The van der Waals surface area contributed by atoms with Crippen LogP contribution in [-0.4, -0.2) is 73.7 Å². The molecule has 268 valence electrons. The molecule has 0 radical (unpaired) electrons. The fraction of sp³-hybridized carbons (Fsp3) is 0.290. The minimum absolute atomic E-state index is 0.0630. The maximum Gasteiger partial charge on any atom is 0.458 e. The standard InChI is InChI=1S/C27H25ClN8O2S.C4F6O2/c28-21-14-31-27-33-20-9-16(12-29-13-20)1-2-18-11-19(32-24(21)35-27)3-4-22(18)34-23(37)10-17-5-7-36(15-17)26(38)25-30-6-8-39-25;5-3(6,7)1(11)2(12)4(8,9)10/h3-4,6,8-9,11-14,17H,1-2,5,7,10,15H2,(H,34,37)(H2,31,32,33,35);/t17-;/m0./s1. The van der Waals surface area contributed by atoms with Crippen molar-refractivity contribution in [1.29, 1.82) is 0 Å². The van der Waals surface area contributed by atoms with Crippen LogP contribution >= 0.6 is 22.9 Å². The van der Waals surface area contributed by atoms with Crippen LogP contribution in [0.2, 0.25) is 5.02 Å². The monoisotopic (exact) mass is 754 g/mol. The largest absolute Gasteiger partial charge is 0.458 e. The number of Topliss-reactive ketones (excluding diaryl/α,β-unsaturated/α-hetero) is 2. The fourth-order valence-corrected chi connectivity index (χ4v) is 5.86. The lowest BCUT2D eigenvalue weighted by atomic mass is 10.0. The van der Waals surface area contributed by atoms with Gasteiger partial charge in [-0.2, -0.15) is 31.3 Å². The predicted octanol–water partition coefficient (Wildman–Crippen LogP) is 6.31. The number of thiazole rings is 1. The number of anilines is 5. The molecule has 0 saturated carbocycles. The quantitative estimate of drug-likeness (QED) is 0.156. The number of nitrogens with one attached hydrogen (secondary N) is 3. The summed E-state index contributed by atoms with van der Waals surface area (Å²) in [4.78, 5) is 64.0. The summed E-state index contributed by atoms with van der Waals surface area (Å²) in [6, 6.07) is 7.79. The molecular weight excluding hydrogens is 730 g/mol. The Balaban J connectivity index is 0.000000362. The lowest BCUT2D eigenvalue weighted by Crippen LogP contribution is -2.39. The third-order valence-corrected chi connectivity index (χ3v) is 8.54. The topological polar surface area (TPSA) is 159 Å². The van der Waals surface area contributed by atoms with Crippen LogP contribution in [0.5, 0.6) is 0 Å². The molecule has 1 saturated heterocycles. The van der Waals surface area contributed by atoms with Gasteiger partial charge in [-0.3, -0.25) is 24.2 Å². The van der Waals surface area contributed by atoms with Crippen molar-refractivity contribution in [3.05, 3.63) is 75.6 Å². The fourth-order valence-electron chi connectivity index (χ4n) is 5.12. The number of rotatable bonds is 5. The molecule has 6 rings (SSSR count). The molecule has 4 aromatic rings. The van der Waals surface area contributed by atoms with E-state index in [0.717, 1.165) is 41.0 Å². The first-order valence-electron chi connectivity index (χ1n) is 14.9. The zero-order valence-corrected chi connectivity index (χ0v) is 27.5. The van der Waals surface area contributed by atoms with Gasteiger partial charge in [-0.05, 0) is 60.6 Å². The number of benzene rings is 1. The Morgan fingerprint density at radius 2 is 1.69 bits per heavy atom. The molecule has 5 heterocycles. The SMILES string of the molecule is O=C(C(=O)C(F)(F)F)C(F)(F)F.O=C(C[C@@H]1CCN(C(=O)c2nccs2)C1)Nc1ccc2cc1CCc1cncc(c1)Nc1ncc(Cl)c(n1)N2. The summed E-state index contributed by atoms with van der Waals surface area (Å²) in [5.41, 5.74) is 4.35. The van der Waals surface area contributed by atoms with Gasteiger partial charge < -0.3 is 20.9 Å². The highest BCUT2D eigenvalue weighted by atomic mass is 35.5. The number of ketones is 2. The van der Waals surface area contributed by atoms with Gasteiger partial charge in [0.25, 0.3) is 5.91 Å². The summed E-state index contributed by atoms with van der Waals surface area (Å²) in [5.74, 6) is -5.96. The number of hydrogen-bond acceptors (Lipinski definition) is 11. The van der Waals surface area contributed by atoms with Gasteiger partial charge >= 0.3 is 23.9 Å². The molecule has 2 amide bonds. The number of pyridine rings is 1. The maximum absolute atomic E-state index is 13.1. The molecule has 12 nitrogen and oxygen atoms in total. The van der Waals surface area contributed by atoms with Crippen LogP contribution in [0.15, 0.2) is 54.4 Å². The van der Waals surface area contributed by atoms with Crippen molar-refractivity contribution in [3.8, 4) is 0 Å².